The van der Waals surface area contributed by atoms with Crippen LogP contribution in [-0.2, 0) is 4.57 Å². The predicted octanol–water partition coefficient (Wildman–Crippen LogP) is 1.45. The smallest absolute Gasteiger partial charge is 0.324 e. The summed E-state index contributed by atoms with van der Waals surface area (Å²) in [6.45, 7) is 0. The minimum atomic E-state index is -4.93. The van der Waals surface area contributed by atoms with E-state index in [2.05, 4.69) is 0 Å². The van der Waals surface area contributed by atoms with Crippen molar-refractivity contribution in [3.63, 3.8) is 0 Å². The molecule has 0 fully saturated rings. The number of halogens is 4. The van der Waals surface area contributed by atoms with Crippen LogP contribution in [0.2, 0.25) is 0 Å². The Balaban J connectivity index is 4.14. The van der Waals surface area contributed by atoms with Gasteiger partial charge in [0, 0.05) is 0 Å². The van der Waals surface area contributed by atoms with E-state index >= 15 is 0 Å². The van der Waals surface area contributed by atoms with Crippen molar-refractivity contribution in [1.29, 1.82) is 0 Å². The first-order valence-corrected chi connectivity index (χ1v) is 4.63. The Morgan fingerprint density at radius 1 is 1.33 bits per heavy atom. The molecule has 0 aromatic carbocycles. The summed E-state index contributed by atoms with van der Waals surface area (Å²) in [5.41, 5.74) is 0. The van der Waals surface area contributed by atoms with E-state index in [4.69, 9.17) is 9.79 Å². The number of hydrogen-bond donors (Lipinski definition) is 2. The molecule has 0 spiro atoms. The summed E-state index contributed by atoms with van der Waals surface area (Å²) in [5, 5.41) is 0. The fraction of sp³-hybridized carbons (Fsp3) is 1.00. The molecule has 0 aliphatic rings. The first-order valence-electron chi connectivity index (χ1n) is 2.83. The standard InChI is InChI=1S/C4H7F4O3P/c5-3(6)1-4(7,8)2-12(9,10)11/h3H,1-2H2,(H2,9,10,11). The topological polar surface area (TPSA) is 57.5 Å². The lowest BCUT2D eigenvalue weighted by Crippen LogP contribution is -2.24. The van der Waals surface area contributed by atoms with Gasteiger partial charge in [0.25, 0.3) is 5.92 Å². The third-order valence-corrected chi connectivity index (χ3v) is 1.76. The lowest BCUT2D eigenvalue weighted by molar-refractivity contribution is -0.0379. The molecule has 0 saturated heterocycles. The van der Waals surface area contributed by atoms with Gasteiger partial charge in [0.05, 0.1) is 6.42 Å². The summed E-state index contributed by atoms with van der Waals surface area (Å²) in [4.78, 5) is 16.1. The Morgan fingerprint density at radius 2 is 1.75 bits per heavy atom. The zero-order valence-corrected chi connectivity index (χ0v) is 6.65. The van der Waals surface area contributed by atoms with Crippen LogP contribution in [0.5, 0.6) is 0 Å². The van der Waals surface area contributed by atoms with Gasteiger partial charge in [-0.1, -0.05) is 0 Å². The summed E-state index contributed by atoms with van der Waals surface area (Å²) in [7, 11) is -4.93. The van der Waals surface area contributed by atoms with Crippen molar-refractivity contribution in [2.75, 3.05) is 6.16 Å². The highest BCUT2D eigenvalue weighted by atomic mass is 31.2. The molecule has 0 heterocycles. The van der Waals surface area contributed by atoms with Gasteiger partial charge in [-0.25, -0.2) is 17.6 Å². The zero-order chi connectivity index (χ0) is 9.99. The normalized spacial score (nSPS) is 13.9. The summed E-state index contributed by atoms with van der Waals surface area (Å²) in [6.07, 6.45) is -6.92. The molecule has 74 valence electrons. The Morgan fingerprint density at radius 3 is 2.00 bits per heavy atom. The Hall–Kier alpha value is -0.130. The monoisotopic (exact) mass is 210 g/mol. The second-order valence-electron chi connectivity index (χ2n) is 2.27. The van der Waals surface area contributed by atoms with E-state index in [9.17, 15) is 22.1 Å². The van der Waals surface area contributed by atoms with E-state index < -0.39 is 32.5 Å². The lowest BCUT2D eigenvalue weighted by atomic mass is 10.3. The fourth-order valence-electron chi connectivity index (χ4n) is 0.592. The first kappa shape index (κ1) is 11.9. The van der Waals surface area contributed by atoms with Gasteiger partial charge in [-0.05, 0) is 0 Å². The van der Waals surface area contributed by atoms with Gasteiger partial charge >= 0.3 is 7.60 Å². The average Bonchev–Trinajstić information content (AvgIpc) is 1.48. The van der Waals surface area contributed by atoms with Gasteiger partial charge in [-0.15, -0.1) is 0 Å². The van der Waals surface area contributed by atoms with E-state index in [1.807, 2.05) is 0 Å². The molecule has 3 nitrogen and oxygen atoms in total. The third-order valence-electron chi connectivity index (χ3n) is 0.890. The van der Waals surface area contributed by atoms with Crippen LogP contribution in [-0.4, -0.2) is 28.3 Å². The van der Waals surface area contributed by atoms with Crippen LogP contribution in [0.3, 0.4) is 0 Å². The molecule has 0 unspecified atom stereocenters. The van der Waals surface area contributed by atoms with Gasteiger partial charge in [0.2, 0.25) is 6.43 Å². The molecular formula is C4H7F4O3P. The molecule has 0 amide bonds. The van der Waals surface area contributed by atoms with Crippen LogP contribution in [0.15, 0.2) is 0 Å². The molecule has 0 aliphatic carbocycles. The zero-order valence-electron chi connectivity index (χ0n) is 5.75. The molecule has 0 rings (SSSR count). The Labute approximate surface area is 65.5 Å². The van der Waals surface area contributed by atoms with Crippen molar-refractivity contribution in [2.45, 2.75) is 18.8 Å². The van der Waals surface area contributed by atoms with Crippen LogP contribution in [0, 0.1) is 0 Å². The maximum atomic E-state index is 12.2. The van der Waals surface area contributed by atoms with Crippen molar-refractivity contribution in [1.82, 2.24) is 0 Å². The van der Waals surface area contributed by atoms with Crippen molar-refractivity contribution in [3.05, 3.63) is 0 Å². The van der Waals surface area contributed by atoms with Crippen LogP contribution in [0.4, 0.5) is 17.6 Å². The van der Waals surface area contributed by atoms with E-state index in [0.717, 1.165) is 0 Å². The van der Waals surface area contributed by atoms with Gasteiger partial charge in [-0.2, -0.15) is 0 Å². The van der Waals surface area contributed by atoms with E-state index in [1.54, 1.807) is 0 Å². The molecule has 12 heavy (non-hydrogen) atoms. The molecule has 0 radical (unpaired) electrons. The van der Waals surface area contributed by atoms with Crippen molar-refractivity contribution >= 4 is 7.60 Å². The number of hydrogen-bond acceptors (Lipinski definition) is 1. The van der Waals surface area contributed by atoms with Crippen LogP contribution in [0.25, 0.3) is 0 Å². The second-order valence-corrected chi connectivity index (χ2v) is 3.92. The Kier molecular flexibility index (Phi) is 3.68. The van der Waals surface area contributed by atoms with Gasteiger partial charge in [0.1, 0.15) is 6.16 Å². The minimum Gasteiger partial charge on any atom is -0.324 e. The second kappa shape index (κ2) is 3.72. The SMILES string of the molecule is O=P(O)(O)CC(F)(F)CC(F)F. The molecule has 8 heteroatoms. The molecule has 0 aromatic heterocycles. The Bertz CT molecular complexity index is 189. The summed E-state index contributed by atoms with van der Waals surface area (Å²) >= 11 is 0. The quantitative estimate of drug-likeness (QED) is 0.545. The van der Waals surface area contributed by atoms with Crippen LogP contribution in [0.1, 0.15) is 6.42 Å². The summed E-state index contributed by atoms with van der Waals surface area (Å²) in [5.74, 6) is -4.01. The van der Waals surface area contributed by atoms with E-state index in [0.29, 0.717) is 0 Å². The van der Waals surface area contributed by atoms with Crippen LogP contribution < -0.4 is 0 Å². The average molecular weight is 210 g/mol. The molecule has 0 atom stereocenters. The highest BCUT2D eigenvalue weighted by Crippen LogP contribution is 2.42. The predicted molar refractivity (Wildman–Crippen MR) is 32.5 cm³/mol. The van der Waals surface area contributed by atoms with Crippen molar-refractivity contribution in [2.24, 2.45) is 0 Å². The molecule has 0 bridgehead atoms. The maximum Gasteiger partial charge on any atom is 0.331 e. The number of alkyl halides is 4. The fourth-order valence-corrected chi connectivity index (χ4v) is 1.32. The number of rotatable bonds is 4. The highest BCUT2D eigenvalue weighted by molar-refractivity contribution is 7.51. The lowest BCUT2D eigenvalue weighted by Gasteiger charge is -2.15. The third kappa shape index (κ3) is 6.57. The molecular weight excluding hydrogens is 203 g/mol. The molecule has 0 saturated carbocycles. The molecule has 2 N–H and O–H groups in total. The summed E-state index contributed by atoms with van der Waals surface area (Å²) < 4.78 is 57.1. The highest BCUT2D eigenvalue weighted by Gasteiger charge is 2.39. The van der Waals surface area contributed by atoms with E-state index in [1.165, 1.54) is 0 Å². The van der Waals surface area contributed by atoms with Crippen molar-refractivity contribution < 1.29 is 31.9 Å². The van der Waals surface area contributed by atoms with Crippen molar-refractivity contribution in [3.8, 4) is 0 Å². The van der Waals surface area contributed by atoms with E-state index in [-0.39, 0.29) is 0 Å². The van der Waals surface area contributed by atoms with Crippen LogP contribution >= 0.6 is 7.60 Å². The minimum absolute atomic E-state index is 1.82. The molecule has 0 aliphatic heterocycles. The summed E-state index contributed by atoms with van der Waals surface area (Å²) in [6, 6.07) is 0. The first-order chi connectivity index (χ1) is 5.12. The maximum absolute atomic E-state index is 12.2. The van der Waals surface area contributed by atoms with Gasteiger partial charge in [0.15, 0.2) is 0 Å². The van der Waals surface area contributed by atoms with Gasteiger partial charge in [-0.3, -0.25) is 4.57 Å². The van der Waals surface area contributed by atoms with Gasteiger partial charge < -0.3 is 9.79 Å². The largest absolute Gasteiger partial charge is 0.331 e. The molecule has 0 aromatic rings.